The summed E-state index contributed by atoms with van der Waals surface area (Å²) in [6, 6.07) is 5.31. The highest BCUT2D eigenvalue weighted by Gasteiger charge is 2.26. The molecule has 8 heteroatoms. The second-order valence-corrected chi connectivity index (χ2v) is 8.83. The molecular formula is C23H33FN4O2S. The third-order valence-corrected chi connectivity index (χ3v) is 6.20. The maximum atomic E-state index is 13.1. The molecule has 2 unspecified atom stereocenters. The van der Waals surface area contributed by atoms with Crippen molar-refractivity contribution in [3.63, 3.8) is 0 Å². The Kier molecular flexibility index (Phi) is 10.6. The molecule has 2 rings (SSSR count). The van der Waals surface area contributed by atoms with E-state index in [4.69, 9.17) is 0 Å². The zero-order chi connectivity index (χ0) is 22.6. The van der Waals surface area contributed by atoms with E-state index in [9.17, 15) is 14.0 Å². The van der Waals surface area contributed by atoms with Crippen LogP contribution in [0.15, 0.2) is 24.3 Å². The fraction of sp³-hybridized carbons (Fsp3) is 0.565. The summed E-state index contributed by atoms with van der Waals surface area (Å²) >= 11 is 1.21. The molecule has 6 nitrogen and oxygen atoms in total. The van der Waals surface area contributed by atoms with Crippen LogP contribution in [0.4, 0.5) is 9.52 Å². The Labute approximate surface area is 188 Å². The number of aromatic nitrogens is 2. The predicted molar refractivity (Wildman–Crippen MR) is 123 cm³/mol. The van der Waals surface area contributed by atoms with E-state index in [0.717, 1.165) is 31.2 Å². The molecule has 0 aliphatic rings. The van der Waals surface area contributed by atoms with Crippen molar-refractivity contribution in [2.24, 2.45) is 5.92 Å². The first-order chi connectivity index (χ1) is 14.9. The molecule has 170 valence electrons. The molecule has 2 amide bonds. The van der Waals surface area contributed by atoms with Gasteiger partial charge in [0, 0.05) is 12.0 Å². The van der Waals surface area contributed by atoms with Crippen LogP contribution in [0.5, 0.6) is 0 Å². The number of hydrogen-bond acceptors (Lipinski definition) is 5. The average molecular weight is 449 g/mol. The molecule has 2 N–H and O–H groups in total. The molecule has 2 atom stereocenters. The SMILES string of the molecule is CCCCCCCCC(=O)NC(C(=O)Nc1nnc(-c2ccc(F)cc2)s1)C(C)CC. The van der Waals surface area contributed by atoms with E-state index in [-0.39, 0.29) is 23.5 Å². The zero-order valence-electron chi connectivity index (χ0n) is 18.6. The Morgan fingerprint density at radius 1 is 1.03 bits per heavy atom. The number of rotatable bonds is 13. The number of hydrogen-bond donors (Lipinski definition) is 2. The number of halogens is 1. The van der Waals surface area contributed by atoms with Crippen molar-refractivity contribution in [2.75, 3.05) is 5.32 Å². The fourth-order valence-electron chi connectivity index (χ4n) is 3.18. The van der Waals surface area contributed by atoms with Gasteiger partial charge < -0.3 is 5.32 Å². The van der Waals surface area contributed by atoms with Gasteiger partial charge in [-0.3, -0.25) is 14.9 Å². The van der Waals surface area contributed by atoms with Crippen LogP contribution < -0.4 is 10.6 Å². The second kappa shape index (κ2) is 13.1. The third kappa shape index (κ3) is 8.36. The van der Waals surface area contributed by atoms with Gasteiger partial charge in [-0.2, -0.15) is 0 Å². The highest BCUT2D eigenvalue weighted by Crippen LogP contribution is 2.26. The first kappa shape index (κ1) is 24.9. The molecule has 2 aromatic rings. The maximum Gasteiger partial charge on any atom is 0.249 e. The number of carbonyl (C=O) groups is 2. The molecule has 1 aromatic carbocycles. The Balaban J connectivity index is 1.91. The lowest BCUT2D eigenvalue weighted by Gasteiger charge is -2.23. The molecule has 0 saturated carbocycles. The minimum Gasteiger partial charge on any atom is -0.344 e. The molecule has 0 bridgehead atoms. The van der Waals surface area contributed by atoms with Crippen molar-refractivity contribution in [3.05, 3.63) is 30.1 Å². The summed E-state index contributed by atoms with van der Waals surface area (Å²) in [5.74, 6) is -0.736. The summed E-state index contributed by atoms with van der Waals surface area (Å²) in [4.78, 5) is 25.2. The Hall–Kier alpha value is -2.35. The average Bonchev–Trinajstić information content (AvgIpc) is 3.22. The minimum atomic E-state index is -0.629. The van der Waals surface area contributed by atoms with Crippen molar-refractivity contribution in [1.29, 1.82) is 0 Å². The van der Waals surface area contributed by atoms with E-state index in [1.165, 1.54) is 42.7 Å². The van der Waals surface area contributed by atoms with Gasteiger partial charge in [0.2, 0.25) is 16.9 Å². The van der Waals surface area contributed by atoms with E-state index in [2.05, 4.69) is 27.8 Å². The number of nitrogens with zero attached hydrogens (tertiary/aromatic N) is 2. The smallest absolute Gasteiger partial charge is 0.249 e. The lowest BCUT2D eigenvalue weighted by Crippen LogP contribution is -2.47. The molecule has 0 aliphatic heterocycles. The van der Waals surface area contributed by atoms with Gasteiger partial charge >= 0.3 is 0 Å². The first-order valence-corrected chi connectivity index (χ1v) is 12.0. The van der Waals surface area contributed by atoms with Gasteiger partial charge in [-0.1, -0.05) is 70.6 Å². The Bertz CT molecular complexity index is 825. The van der Waals surface area contributed by atoms with Crippen molar-refractivity contribution in [1.82, 2.24) is 15.5 Å². The Morgan fingerprint density at radius 2 is 1.71 bits per heavy atom. The van der Waals surface area contributed by atoms with E-state index in [1.807, 2.05) is 13.8 Å². The summed E-state index contributed by atoms with van der Waals surface area (Å²) in [7, 11) is 0. The quantitative estimate of drug-likeness (QED) is 0.393. The van der Waals surface area contributed by atoms with Gasteiger partial charge in [0.15, 0.2) is 0 Å². The minimum absolute atomic E-state index is 0.0157. The second-order valence-electron chi connectivity index (χ2n) is 7.86. The van der Waals surface area contributed by atoms with Gasteiger partial charge in [0.25, 0.3) is 0 Å². The van der Waals surface area contributed by atoms with Crippen molar-refractivity contribution >= 4 is 28.3 Å². The van der Waals surface area contributed by atoms with E-state index >= 15 is 0 Å². The number of unbranched alkanes of at least 4 members (excludes halogenated alkanes) is 5. The van der Waals surface area contributed by atoms with Crippen LogP contribution in [0.25, 0.3) is 10.6 Å². The van der Waals surface area contributed by atoms with Crippen LogP contribution >= 0.6 is 11.3 Å². The van der Waals surface area contributed by atoms with Gasteiger partial charge in [0.1, 0.15) is 16.9 Å². The fourth-order valence-corrected chi connectivity index (χ4v) is 3.93. The summed E-state index contributed by atoms with van der Waals surface area (Å²) in [5.41, 5.74) is 0.727. The van der Waals surface area contributed by atoms with E-state index < -0.39 is 6.04 Å². The first-order valence-electron chi connectivity index (χ1n) is 11.1. The van der Waals surface area contributed by atoms with Crippen molar-refractivity contribution in [3.8, 4) is 10.6 Å². The molecular weight excluding hydrogens is 415 g/mol. The van der Waals surface area contributed by atoms with Gasteiger partial charge in [-0.05, 0) is 36.6 Å². The molecule has 1 aromatic heterocycles. The van der Waals surface area contributed by atoms with Crippen molar-refractivity contribution in [2.45, 2.75) is 78.2 Å². The summed E-state index contributed by atoms with van der Waals surface area (Å²) in [5, 5.41) is 14.7. The summed E-state index contributed by atoms with van der Waals surface area (Å²) in [6.45, 7) is 6.11. The summed E-state index contributed by atoms with van der Waals surface area (Å²) in [6.07, 6.45) is 7.84. The van der Waals surface area contributed by atoms with Gasteiger partial charge in [-0.25, -0.2) is 4.39 Å². The maximum absolute atomic E-state index is 13.1. The highest BCUT2D eigenvalue weighted by atomic mass is 32.1. The highest BCUT2D eigenvalue weighted by molar-refractivity contribution is 7.18. The third-order valence-electron chi connectivity index (χ3n) is 5.32. The van der Waals surface area contributed by atoms with Crippen LogP contribution in [0.1, 0.15) is 72.1 Å². The number of carbonyl (C=O) groups excluding carboxylic acids is 2. The standard InChI is InChI=1S/C23H33FN4O2S/c1-4-6-7-8-9-10-11-19(29)25-20(16(3)5-2)21(30)26-23-28-27-22(31-23)17-12-14-18(24)15-13-17/h12-16,20H,4-11H2,1-3H3,(H,25,29)(H,26,28,30). The molecule has 0 saturated heterocycles. The molecule has 0 aliphatic carbocycles. The number of anilines is 1. The van der Waals surface area contributed by atoms with Gasteiger partial charge in [-0.15, -0.1) is 10.2 Å². The number of benzene rings is 1. The normalized spacial score (nSPS) is 12.9. The van der Waals surface area contributed by atoms with Crippen LogP contribution in [0, 0.1) is 11.7 Å². The molecule has 0 radical (unpaired) electrons. The topological polar surface area (TPSA) is 84.0 Å². The lowest BCUT2D eigenvalue weighted by molar-refractivity contribution is -0.127. The number of amides is 2. The van der Waals surface area contributed by atoms with E-state index in [0.29, 0.717) is 16.6 Å². The zero-order valence-corrected chi connectivity index (χ0v) is 19.4. The largest absolute Gasteiger partial charge is 0.344 e. The van der Waals surface area contributed by atoms with Crippen LogP contribution in [0.2, 0.25) is 0 Å². The van der Waals surface area contributed by atoms with Crippen LogP contribution in [-0.2, 0) is 9.59 Å². The van der Waals surface area contributed by atoms with Crippen LogP contribution in [-0.4, -0.2) is 28.1 Å². The van der Waals surface area contributed by atoms with E-state index in [1.54, 1.807) is 12.1 Å². The molecule has 0 spiro atoms. The monoisotopic (exact) mass is 448 g/mol. The summed E-state index contributed by atoms with van der Waals surface area (Å²) < 4.78 is 13.1. The number of nitrogens with one attached hydrogen (secondary N) is 2. The molecule has 1 heterocycles. The Morgan fingerprint density at radius 3 is 2.39 bits per heavy atom. The molecule has 0 fully saturated rings. The predicted octanol–water partition coefficient (Wildman–Crippen LogP) is 5.56. The van der Waals surface area contributed by atoms with Crippen LogP contribution in [0.3, 0.4) is 0 Å². The molecule has 31 heavy (non-hydrogen) atoms. The lowest BCUT2D eigenvalue weighted by atomic mass is 9.98. The van der Waals surface area contributed by atoms with Crippen molar-refractivity contribution < 1.29 is 14.0 Å². The van der Waals surface area contributed by atoms with Gasteiger partial charge in [0.05, 0.1) is 0 Å².